The maximum Gasteiger partial charge on any atom is 0.255 e. The third-order valence-electron chi connectivity index (χ3n) is 3.08. The molecule has 2 aromatic carbocycles. The van der Waals surface area contributed by atoms with E-state index in [4.69, 9.17) is 16.3 Å². The number of rotatable bonds is 4. The van der Waals surface area contributed by atoms with E-state index in [1.807, 2.05) is 24.3 Å². The zero-order valence-corrected chi connectivity index (χ0v) is 13.5. The van der Waals surface area contributed by atoms with Crippen LogP contribution in [0.2, 0.25) is 5.02 Å². The zero-order chi connectivity index (χ0) is 15.4. The Hall–Kier alpha value is -1.65. The van der Waals surface area contributed by atoms with E-state index in [9.17, 15) is 4.79 Å². The van der Waals surface area contributed by atoms with Crippen molar-refractivity contribution in [2.75, 3.05) is 14.2 Å². The fraction of sp³-hybridized carbons (Fsp3) is 0.188. The summed E-state index contributed by atoms with van der Waals surface area (Å²) in [5.74, 6) is 0.627. The van der Waals surface area contributed by atoms with Crippen LogP contribution in [0.5, 0.6) is 5.75 Å². The van der Waals surface area contributed by atoms with E-state index in [-0.39, 0.29) is 5.91 Å². The van der Waals surface area contributed by atoms with E-state index in [0.717, 1.165) is 11.3 Å². The van der Waals surface area contributed by atoms with Gasteiger partial charge in [-0.1, -0.05) is 23.7 Å². The average molecular weight is 322 g/mol. The molecular weight excluding hydrogens is 306 g/mol. The SMILES string of the molecule is COc1cccc(CN(C)C(=O)c2cc(S)ccc2Cl)c1. The number of methoxy groups -OCH3 is 1. The van der Waals surface area contributed by atoms with Crippen molar-refractivity contribution in [1.82, 2.24) is 4.90 Å². The van der Waals surface area contributed by atoms with Crippen LogP contribution >= 0.6 is 24.2 Å². The molecule has 21 heavy (non-hydrogen) atoms. The highest BCUT2D eigenvalue weighted by atomic mass is 35.5. The summed E-state index contributed by atoms with van der Waals surface area (Å²) in [4.78, 5) is 14.8. The normalized spacial score (nSPS) is 10.3. The van der Waals surface area contributed by atoms with E-state index in [1.54, 1.807) is 37.3 Å². The van der Waals surface area contributed by atoms with Gasteiger partial charge < -0.3 is 9.64 Å². The summed E-state index contributed by atoms with van der Waals surface area (Å²) in [5, 5.41) is 0.426. The van der Waals surface area contributed by atoms with Crippen molar-refractivity contribution in [3.63, 3.8) is 0 Å². The number of carbonyl (C=O) groups excluding carboxylic acids is 1. The summed E-state index contributed by atoms with van der Waals surface area (Å²) in [6.45, 7) is 0.475. The lowest BCUT2D eigenvalue weighted by Gasteiger charge is -2.18. The van der Waals surface area contributed by atoms with E-state index >= 15 is 0 Å². The lowest BCUT2D eigenvalue weighted by Crippen LogP contribution is -2.26. The molecule has 0 radical (unpaired) electrons. The second kappa shape index (κ2) is 6.87. The number of halogens is 1. The fourth-order valence-corrected chi connectivity index (χ4v) is 2.40. The molecular formula is C16H16ClNO2S. The molecule has 0 fully saturated rings. The molecule has 110 valence electrons. The molecule has 2 rings (SSSR count). The molecule has 0 heterocycles. The number of thiol groups is 1. The minimum Gasteiger partial charge on any atom is -0.497 e. The summed E-state index contributed by atoms with van der Waals surface area (Å²) in [5.41, 5.74) is 1.44. The Labute approximate surface area is 134 Å². The highest BCUT2D eigenvalue weighted by Gasteiger charge is 2.15. The summed E-state index contributed by atoms with van der Waals surface area (Å²) in [6.07, 6.45) is 0. The first-order valence-electron chi connectivity index (χ1n) is 6.38. The van der Waals surface area contributed by atoms with Gasteiger partial charge in [0.1, 0.15) is 5.75 Å². The third-order valence-corrected chi connectivity index (χ3v) is 3.69. The van der Waals surface area contributed by atoms with Gasteiger partial charge >= 0.3 is 0 Å². The second-order valence-electron chi connectivity index (χ2n) is 4.68. The number of hydrogen-bond donors (Lipinski definition) is 1. The monoisotopic (exact) mass is 321 g/mol. The number of ether oxygens (including phenoxy) is 1. The van der Waals surface area contributed by atoms with Gasteiger partial charge in [-0.25, -0.2) is 0 Å². The summed E-state index contributed by atoms with van der Waals surface area (Å²) in [6, 6.07) is 12.7. The van der Waals surface area contributed by atoms with Gasteiger partial charge in [-0.05, 0) is 35.9 Å². The Morgan fingerprint density at radius 2 is 2.05 bits per heavy atom. The molecule has 1 amide bonds. The second-order valence-corrected chi connectivity index (χ2v) is 5.60. The predicted molar refractivity (Wildman–Crippen MR) is 87.5 cm³/mol. The number of carbonyl (C=O) groups is 1. The Bertz CT molecular complexity index is 660. The molecule has 0 unspecified atom stereocenters. The van der Waals surface area contributed by atoms with Gasteiger partial charge in [0.05, 0.1) is 17.7 Å². The van der Waals surface area contributed by atoms with Crippen LogP contribution in [0.4, 0.5) is 0 Å². The smallest absolute Gasteiger partial charge is 0.255 e. The molecule has 0 saturated carbocycles. The topological polar surface area (TPSA) is 29.5 Å². The summed E-state index contributed by atoms with van der Waals surface area (Å²) < 4.78 is 5.18. The molecule has 5 heteroatoms. The van der Waals surface area contributed by atoms with Crippen LogP contribution in [0.3, 0.4) is 0 Å². The van der Waals surface area contributed by atoms with Gasteiger partial charge in [0, 0.05) is 18.5 Å². The molecule has 0 aliphatic rings. The van der Waals surface area contributed by atoms with Crippen LogP contribution in [0.1, 0.15) is 15.9 Å². The van der Waals surface area contributed by atoms with Gasteiger partial charge in [0.25, 0.3) is 5.91 Å². The third kappa shape index (κ3) is 3.93. The van der Waals surface area contributed by atoms with Crippen molar-refractivity contribution in [2.24, 2.45) is 0 Å². The minimum atomic E-state index is -0.140. The number of benzene rings is 2. The van der Waals surface area contributed by atoms with Gasteiger partial charge in [-0.15, -0.1) is 12.6 Å². The Morgan fingerprint density at radius 3 is 2.76 bits per heavy atom. The lowest BCUT2D eigenvalue weighted by molar-refractivity contribution is 0.0785. The van der Waals surface area contributed by atoms with Crippen LogP contribution < -0.4 is 4.74 Å². The highest BCUT2D eigenvalue weighted by molar-refractivity contribution is 7.80. The van der Waals surface area contributed by atoms with Crippen LogP contribution in [0.15, 0.2) is 47.4 Å². The average Bonchev–Trinajstić information content (AvgIpc) is 2.49. The maximum absolute atomic E-state index is 12.5. The summed E-state index contributed by atoms with van der Waals surface area (Å²) >= 11 is 10.3. The van der Waals surface area contributed by atoms with Gasteiger partial charge in [0.2, 0.25) is 0 Å². The number of nitrogens with zero attached hydrogens (tertiary/aromatic N) is 1. The molecule has 0 N–H and O–H groups in total. The van der Waals surface area contributed by atoms with Crippen LogP contribution in [0.25, 0.3) is 0 Å². The molecule has 0 atom stereocenters. The number of amides is 1. The number of hydrogen-bond acceptors (Lipinski definition) is 3. The Kier molecular flexibility index (Phi) is 5.15. The molecule has 0 spiro atoms. The van der Waals surface area contributed by atoms with Gasteiger partial charge in [0.15, 0.2) is 0 Å². The minimum absolute atomic E-state index is 0.140. The lowest BCUT2D eigenvalue weighted by atomic mass is 10.1. The molecule has 3 nitrogen and oxygen atoms in total. The standard InChI is InChI=1S/C16H16ClNO2S/c1-18(10-11-4-3-5-12(8-11)20-2)16(19)14-9-13(21)6-7-15(14)17/h3-9,21H,10H2,1-2H3. The van der Waals surface area contributed by atoms with Crippen LogP contribution in [0, 0.1) is 0 Å². The first-order chi connectivity index (χ1) is 10.0. The van der Waals surface area contributed by atoms with E-state index in [0.29, 0.717) is 22.0 Å². The quantitative estimate of drug-likeness (QED) is 0.865. The maximum atomic E-state index is 12.5. The Balaban J connectivity index is 2.17. The van der Waals surface area contributed by atoms with E-state index < -0.39 is 0 Å². The molecule has 2 aromatic rings. The van der Waals surface area contributed by atoms with Crippen molar-refractivity contribution in [3.8, 4) is 5.75 Å². The van der Waals surface area contributed by atoms with Gasteiger partial charge in [-0.2, -0.15) is 0 Å². The largest absolute Gasteiger partial charge is 0.497 e. The Morgan fingerprint density at radius 1 is 1.29 bits per heavy atom. The molecule has 0 aliphatic carbocycles. The van der Waals surface area contributed by atoms with Crippen molar-refractivity contribution in [3.05, 3.63) is 58.6 Å². The van der Waals surface area contributed by atoms with Crippen molar-refractivity contribution >= 4 is 30.1 Å². The molecule has 0 aromatic heterocycles. The molecule has 0 aliphatic heterocycles. The van der Waals surface area contributed by atoms with Crippen molar-refractivity contribution in [1.29, 1.82) is 0 Å². The first-order valence-corrected chi connectivity index (χ1v) is 7.20. The molecule has 0 saturated heterocycles. The van der Waals surface area contributed by atoms with Gasteiger partial charge in [-0.3, -0.25) is 4.79 Å². The molecule has 0 bridgehead atoms. The fourth-order valence-electron chi connectivity index (χ4n) is 2.00. The van der Waals surface area contributed by atoms with Crippen LogP contribution in [-0.4, -0.2) is 25.0 Å². The first kappa shape index (κ1) is 15.7. The van der Waals surface area contributed by atoms with Crippen molar-refractivity contribution in [2.45, 2.75) is 11.4 Å². The highest BCUT2D eigenvalue weighted by Crippen LogP contribution is 2.22. The zero-order valence-electron chi connectivity index (χ0n) is 11.8. The van der Waals surface area contributed by atoms with Crippen LogP contribution in [-0.2, 0) is 6.54 Å². The van der Waals surface area contributed by atoms with Crippen molar-refractivity contribution < 1.29 is 9.53 Å². The van der Waals surface area contributed by atoms with E-state index in [2.05, 4.69) is 12.6 Å². The summed E-state index contributed by atoms with van der Waals surface area (Å²) in [7, 11) is 3.36. The predicted octanol–water partition coefficient (Wildman–Crippen LogP) is 3.91. The van der Waals surface area contributed by atoms with E-state index in [1.165, 1.54) is 0 Å².